The highest BCUT2D eigenvalue weighted by Crippen LogP contribution is 2.18. The number of hydrogen-bond donors (Lipinski definition) is 2. The van der Waals surface area contributed by atoms with Gasteiger partial charge in [-0.2, -0.15) is 0 Å². The molecule has 0 aliphatic carbocycles. The third-order valence-corrected chi connectivity index (χ3v) is 4.36. The average Bonchev–Trinajstić information content (AvgIpc) is 2.55. The summed E-state index contributed by atoms with van der Waals surface area (Å²) in [6.45, 7) is 5.59. The molecule has 0 bridgehead atoms. The molecule has 0 radical (unpaired) electrons. The molecule has 21 heavy (non-hydrogen) atoms. The summed E-state index contributed by atoms with van der Waals surface area (Å²) >= 11 is 0. The lowest BCUT2D eigenvalue weighted by atomic mass is 10.0. The van der Waals surface area contributed by atoms with E-state index in [1.807, 2.05) is 24.3 Å². The molecule has 1 aliphatic heterocycles. The highest BCUT2D eigenvalue weighted by Gasteiger charge is 2.20. The Balaban J connectivity index is 1.77. The largest absolute Gasteiger partial charge is 0.351 e. The van der Waals surface area contributed by atoms with Gasteiger partial charge in [0.15, 0.2) is 0 Å². The van der Waals surface area contributed by atoms with Crippen LogP contribution in [0.5, 0.6) is 0 Å². The van der Waals surface area contributed by atoms with Crippen molar-refractivity contribution in [3.63, 3.8) is 0 Å². The molecule has 0 spiro atoms. The summed E-state index contributed by atoms with van der Waals surface area (Å²) < 4.78 is 0. The van der Waals surface area contributed by atoms with Crippen molar-refractivity contribution in [1.29, 1.82) is 0 Å². The van der Waals surface area contributed by atoms with Gasteiger partial charge in [0.1, 0.15) is 0 Å². The topological polar surface area (TPSA) is 58.4 Å². The summed E-state index contributed by atoms with van der Waals surface area (Å²) in [7, 11) is 0. The number of benzene rings is 1. The van der Waals surface area contributed by atoms with Gasteiger partial charge >= 0.3 is 0 Å². The first kappa shape index (κ1) is 16.0. The van der Waals surface area contributed by atoms with Gasteiger partial charge in [0.05, 0.1) is 0 Å². The molecule has 0 aromatic heterocycles. The summed E-state index contributed by atoms with van der Waals surface area (Å²) in [5.74, 6) is 0.00336. The summed E-state index contributed by atoms with van der Waals surface area (Å²) in [5, 5.41) is 3.02. The summed E-state index contributed by atoms with van der Waals surface area (Å²) in [6, 6.07) is 8.19. The Morgan fingerprint density at radius 1 is 1.33 bits per heavy atom. The smallest absolute Gasteiger partial charge is 0.251 e. The maximum atomic E-state index is 12.1. The normalized spacial score (nSPS) is 19.4. The van der Waals surface area contributed by atoms with Crippen molar-refractivity contribution in [3.05, 3.63) is 35.4 Å². The number of rotatable bonds is 6. The van der Waals surface area contributed by atoms with E-state index in [4.69, 9.17) is 5.73 Å². The number of amides is 1. The van der Waals surface area contributed by atoms with Gasteiger partial charge in [-0.05, 0) is 43.5 Å². The molecule has 116 valence electrons. The van der Waals surface area contributed by atoms with E-state index in [1.54, 1.807) is 0 Å². The van der Waals surface area contributed by atoms with Gasteiger partial charge in [0, 0.05) is 31.2 Å². The molecule has 0 saturated carbocycles. The lowest BCUT2D eigenvalue weighted by Crippen LogP contribution is -2.43. The lowest BCUT2D eigenvalue weighted by Gasteiger charge is -2.35. The molecular weight excluding hydrogens is 262 g/mol. The number of nitrogens with one attached hydrogen (secondary N) is 1. The molecule has 4 nitrogen and oxygen atoms in total. The molecule has 1 aromatic rings. The molecule has 1 heterocycles. The maximum Gasteiger partial charge on any atom is 0.251 e. The third-order valence-electron chi connectivity index (χ3n) is 4.36. The minimum absolute atomic E-state index is 0.00336. The zero-order valence-corrected chi connectivity index (χ0v) is 13.0. The lowest BCUT2D eigenvalue weighted by molar-refractivity contribution is 0.0934. The Hall–Kier alpha value is -1.39. The van der Waals surface area contributed by atoms with Crippen LogP contribution in [-0.4, -0.2) is 36.5 Å². The van der Waals surface area contributed by atoms with Crippen molar-refractivity contribution in [2.75, 3.05) is 19.6 Å². The number of nitrogens with zero attached hydrogens (tertiary/aromatic N) is 1. The van der Waals surface area contributed by atoms with Crippen LogP contribution in [0.3, 0.4) is 0 Å². The van der Waals surface area contributed by atoms with Gasteiger partial charge in [-0.15, -0.1) is 0 Å². The number of hydrogen-bond acceptors (Lipinski definition) is 3. The minimum atomic E-state index is 0.00336. The van der Waals surface area contributed by atoms with E-state index < -0.39 is 0 Å². The van der Waals surface area contributed by atoms with Gasteiger partial charge in [-0.1, -0.05) is 25.5 Å². The molecule has 1 amide bonds. The van der Waals surface area contributed by atoms with Crippen LogP contribution in [0.25, 0.3) is 0 Å². The van der Waals surface area contributed by atoms with E-state index in [0.717, 1.165) is 12.1 Å². The zero-order valence-electron chi connectivity index (χ0n) is 13.0. The van der Waals surface area contributed by atoms with E-state index in [1.165, 1.54) is 32.2 Å². The highest BCUT2D eigenvalue weighted by molar-refractivity contribution is 5.94. The van der Waals surface area contributed by atoms with Gasteiger partial charge in [0.2, 0.25) is 0 Å². The van der Waals surface area contributed by atoms with Crippen molar-refractivity contribution in [1.82, 2.24) is 10.2 Å². The van der Waals surface area contributed by atoms with Crippen LogP contribution < -0.4 is 11.1 Å². The SMILES string of the molecule is CCC1CCCCN1CCNC(=O)c1ccc(CN)cc1. The zero-order chi connectivity index (χ0) is 15.1. The molecule has 1 atom stereocenters. The quantitative estimate of drug-likeness (QED) is 0.843. The fraction of sp³-hybridized carbons (Fsp3) is 0.588. The summed E-state index contributed by atoms with van der Waals surface area (Å²) in [4.78, 5) is 14.6. The van der Waals surface area contributed by atoms with Crippen LogP contribution in [0.2, 0.25) is 0 Å². The fourth-order valence-electron chi connectivity index (χ4n) is 3.02. The van der Waals surface area contributed by atoms with E-state index in [2.05, 4.69) is 17.1 Å². The van der Waals surface area contributed by atoms with Crippen molar-refractivity contribution in [2.45, 2.75) is 45.2 Å². The van der Waals surface area contributed by atoms with E-state index in [9.17, 15) is 4.79 Å². The fourth-order valence-corrected chi connectivity index (χ4v) is 3.02. The highest BCUT2D eigenvalue weighted by atomic mass is 16.1. The molecule has 1 saturated heterocycles. The molecule has 2 rings (SSSR count). The van der Waals surface area contributed by atoms with Crippen LogP contribution in [-0.2, 0) is 6.54 Å². The first-order chi connectivity index (χ1) is 10.2. The van der Waals surface area contributed by atoms with Gasteiger partial charge in [-0.3, -0.25) is 9.69 Å². The standard InChI is InChI=1S/C17H27N3O/c1-2-16-5-3-4-11-20(16)12-10-19-17(21)15-8-6-14(13-18)7-9-15/h6-9,16H,2-5,10-13,18H2,1H3,(H,19,21). The van der Waals surface area contributed by atoms with Crippen LogP contribution >= 0.6 is 0 Å². The van der Waals surface area contributed by atoms with E-state index in [0.29, 0.717) is 24.7 Å². The second-order valence-electron chi connectivity index (χ2n) is 5.75. The van der Waals surface area contributed by atoms with Crippen molar-refractivity contribution in [3.8, 4) is 0 Å². The Morgan fingerprint density at radius 2 is 2.10 bits per heavy atom. The van der Waals surface area contributed by atoms with E-state index in [-0.39, 0.29) is 5.91 Å². The van der Waals surface area contributed by atoms with Crippen molar-refractivity contribution < 1.29 is 4.79 Å². The van der Waals surface area contributed by atoms with Gasteiger partial charge < -0.3 is 11.1 Å². The van der Waals surface area contributed by atoms with Gasteiger partial charge in [-0.25, -0.2) is 0 Å². The van der Waals surface area contributed by atoms with Crippen LogP contribution in [0.1, 0.15) is 48.5 Å². The van der Waals surface area contributed by atoms with Crippen LogP contribution in [0.4, 0.5) is 0 Å². The molecule has 1 aromatic carbocycles. The number of piperidine rings is 1. The molecule has 1 unspecified atom stereocenters. The Morgan fingerprint density at radius 3 is 2.76 bits per heavy atom. The van der Waals surface area contributed by atoms with Crippen molar-refractivity contribution in [2.24, 2.45) is 5.73 Å². The van der Waals surface area contributed by atoms with E-state index >= 15 is 0 Å². The third kappa shape index (κ3) is 4.55. The van der Waals surface area contributed by atoms with Crippen LogP contribution in [0, 0.1) is 0 Å². The average molecular weight is 289 g/mol. The number of carbonyl (C=O) groups is 1. The molecule has 4 heteroatoms. The Bertz CT molecular complexity index is 444. The maximum absolute atomic E-state index is 12.1. The molecule has 1 fully saturated rings. The summed E-state index contributed by atoms with van der Waals surface area (Å²) in [5.41, 5.74) is 7.31. The predicted molar refractivity (Wildman–Crippen MR) is 86.2 cm³/mol. The second-order valence-corrected chi connectivity index (χ2v) is 5.75. The summed E-state index contributed by atoms with van der Waals surface area (Å²) in [6.07, 6.45) is 5.12. The molecule has 1 aliphatic rings. The van der Waals surface area contributed by atoms with Crippen molar-refractivity contribution >= 4 is 5.91 Å². The Labute approximate surface area is 127 Å². The monoisotopic (exact) mass is 289 g/mol. The first-order valence-corrected chi connectivity index (χ1v) is 8.06. The predicted octanol–water partition coefficient (Wildman–Crippen LogP) is 2.14. The minimum Gasteiger partial charge on any atom is -0.351 e. The molecule has 3 N–H and O–H groups in total. The number of nitrogens with two attached hydrogens (primary N) is 1. The molecular formula is C17H27N3O. The van der Waals surface area contributed by atoms with Crippen LogP contribution in [0.15, 0.2) is 24.3 Å². The Kier molecular flexibility index (Phi) is 6.21. The number of carbonyl (C=O) groups excluding carboxylic acids is 1. The first-order valence-electron chi connectivity index (χ1n) is 8.06. The number of likely N-dealkylation sites (tertiary alicyclic amines) is 1. The second kappa shape index (κ2) is 8.15. The van der Waals surface area contributed by atoms with Gasteiger partial charge in [0.25, 0.3) is 5.91 Å².